The number of urea groups is 1. The molecular weight excluding hydrogens is 350 g/mol. The number of piperidine rings is 1. The first-order valence-electron chi connectivity index (χ1n) is 8.76. The van der Waals surface area contributed by atoms with Crippen LogP contribution in [0.2, 0.25) is 0 Å². The highest BCUT2D eigenvalue weighted by Crippen LogP contribution is 2.19. The molecule has 0 spiro atoms. The standard InChI is InChI=1S/C18H23N5O2S/c1-12-6-7-14(10-13(12)2)19-17(25)20-18-22-21-15(26-18)11-16(24)23-8-4-3-5-9-23/h6-7,10H,3-5,8-9,11H2,1-2H3,(H2,19,20,22,25). The lowest BCUT2D eigenvalue weighted by atomic mass is 10.1. The van der Waals surface area contributed by atoms with E-state index in [1.807, 2.05) is 36.9 Å². The molecule has 1 aliphatic heterocycles. The minimum Gasteiger partial charge on any atom is -0.342 e. The predicted molar refractivity (Wildman–Crippen MR) is 103 cm³/mol. The molecule has 138 valence electrons. The van der Waals surface area contributed by atoms with Crippen LogP contribution in [0.1, 0.15) is 35.4 Å². The number of benzene rings is 1. The van der Waals surface area contributed by atoms with Gasteiger partial charge in [-0.2, -0.15) is 0 Å². The van der Waals surface area contributed by atoms with Crippen molar-refractivity contribution in [2.75, 3.05) is 23.7 Å². The first-order chi connectivity index (χ1) is 12.5. The molecule has 1 aliphatic rings. The van der Waals surface area contributed by atoms with Crippen LogP contribution >= 0.6 is 11.3 Å². The van der Waals surface area contributed by atoms with Gasteiger partial charge in [0.25, 0.3) is 0 Å². The van der Waals surface area contributed by atoms with E-state index >= 15 is 0 Å². The minimum absolute atomic E-state index is 0.0759. The van der Waals surface area contributed by atoms with Crippen LogP contribution in [0.3, 0.4) is 0 Å². The normalized spacial score (nSPS) is 14.2. The van der Waals surface area contributed by atoms with Crippen molar-refractivity contribution >= 4 is 34.1 Å². The molecule has 0 saturated carbocycles. The topological polar surface area (TPSA) is 87.2 Å². The molecule has 0 aliphatic carbocycles. The molecule has 0 radical (unpaired) electrons. The molecule has 0 bridgehead atoms. The van der Waals surface area contributed by atoms with Gasteiger partial charge in [-0.25, -0.2) is 4.79 Å². The summed E-state index contributed by atoms with van der Waals surface area (Å²) in [6.45, 7) is 5.66. The van der Waals surface area contributed by atoms with E-state index in [-0.39, 0.29) is 18.4 Å². The van der Waals surface area contributed by atoms with Crippen LogP contribution in [-0.2, 0) is 11.2 Å². The first kappa shape index (κ1) is 18.3. The van der Waals surface area contributed by atoms with Crippen molar-refractivity contribution in [1.29, 1.82) is 0 Å². The summed E-state index contributed by atoms with van der Waals surface area (Å²) in [4.78, 5) is 26.2. The third-order valence-corrected chi connectivity index (χ3v) is 5.30. The van der Waals surface area contributed by atoms with E-state index in [4.69, 9.17) is 0 Å². The average molecular weight is 373 g/mol. The largest absolute Gasteiger partial charge is 0.342 e. The first-order valence-corrected chi connectivity index (χ1v) is 9.58. The fourth-order valence-corrected chi connectivity index (χ4v) is 3.56. The van der Waals surface area contributed by atoms with E-state index in [9.17, 15) is 9.59 Å². The second kappa shape index (κ2) is 8.27. The van der Waals surface area contributed by atoms with Crippen molar-refractivity contribution in [2.45, 2.75) is 39.5 Å². The molecule has 26 heavy (non-hydrogen) atoms. The van der Waals surface area contributed by atoms with Crippen molar-refractivity contribution < 1.29 is 9.59 Å². The van der Waals surface area contributed by atoms with Crippen molar-refractivity contribution in [3.05, 3.63) is 34.3 Å². The van der Waals surface area contributed by atoms with E-state index < -0.39 is 0 Å². The second-order valence-electron chi connectivity index (χ2n) is 6.50. The molecule has 7 nitrogen and oxygen atoms in total. The summed E-state index contributed by atoms with van der Waals surface area (Å²) in [7, 11) is 0. The van der Waals surface area contributed by atoms with Gasteiger partial charge in [-0.15, -0.1) is 10.2 Å². The summed E-state index contributed by atoms with van der Waals surface area (Å²) in [6.07, 6.45) is 3.55. The van der Waals surface area contributed by atoms with Gasteiger partial charge in [-0.3, -0.25) is 10.1 Å². The highest BCUT2D eigenvalue weighted by molar-refractivity contribution is 7.15. The van der Waals surface area contributed by atoms with E-state index in [2.05, 4.69) is 20.8 Å². The number of anilines is 2. The molecule has 3 rings (SSSR count). The van der Waals surface area contributed by atoms with Gasteiger partial charge in [0.2, 0.25) is 11.0 Å². The van der Waals surface area contributed by atoms with Crippen LogP contribution in [0.4, 0.5) is 15.6 Å². The van der Waals surface area contributed by atoms with Crippen LogP contribution in [0.5, 0.6) is 0 Å². The Morgan fingerprint density at radius 3 is 2.58 bits per heavy atom. The van der Waals surface area contributed by atoms with Crippen LogP contribution in [-0.4, -0.2) is 40.1 Å². The smallest absolute Gasteiger partial charge is 0.325 e. The highest BCUT2D eigenvalue weighted by Gasteiger charge is 2.19. The van der Waals surface area contributed by atoms with E-state index in [0.717, 1.165) is 37.2 Å². The third kappa shape index (κ3) is 4.78. The molecule has 1 aromatic carbocycles. The predicted octanol–water partition coefficient (Wildman–Crippen LogP) is 3.35. The van der Waals surface area contributed by atoms with Crippen LogP contribution in [0.15, 0.2) is 18.2 Å². The summed E-state index contributed by atoms with van der Waals surface area (Å²) in [6, 6.07) is 5.35. The van der Waals surface area contributed by atoms with Gasteiger partial charge < -0.3 is 10.2 Å². The average Bonchev–Trinajstić information content (AvgIpc) is 3.05. The van der Waals surface area contributed by atoms with Crippen LogP contribution in [0, 0.1) is 13.8 Å². The zero-order valence-corrected chi connectivity index (χ0v) is 15.9. The number of nitrogens with zero attached hydrogens (tertiary/aromatic N) is 3. The minimum atomic E-state index is -0.377. The van der Waals surface area contributed by atoms with Crippen LogP contribution < -0.4 is 10.6 Å². The fraction of sp³-hybridized carbons (Fsp3) is 0.444. The zero-order chi connectivity index (χ0) is 18.5. The van der Waals surface area contributed by atoms with Crippen molar-refractivity contribution in [3.63, 3.8) is 0 Å². The molecule has 8 heteroatoms. The summed E-state index contributed by atoms with van der Waals surface area (Å²) in [5, 5.41) is 14.4. The van der Waals surface area contributed by atoms with Gasteiger partial charge in [-0.05, 0) is 56.4 Å². The maximum absolute atomic E-state index is 12.3. The quantitative estimate of drug-likeness (QED) is 0.860. The van der Waals surface area contributed by atoms with Gasteiger partial charge in [0.1, 0.15) is 5.01 Å². The molecule has 2 aromatic rings. The number of rotatable bonds is 4. The molecule has 2 N–H and O–H groups in total. The van der Waals surface area contributed by atoms with Crippen molar-refractivity contribution in [2.24, 2.45) is 0 Å². The maximum Gasteiger partial charge on any atom is 0.325 e. The molecular formula is C18H23N5O2S. The lowest BCUT2D eigenvalue weighted by Crippen LogP contribution is -2.36. The number of carbonyl (C=O) groups is 2. The van der Waals surface area contributed by atoms with E-state index in [1.54, 1.807) is 0 Å². The Kier molecular flexibility index (Phi) is 5.82. The Morgan fingerprint density at radius 2 is 1.85 bits per heavy atom. The number of aromatic nitrogens is 2. The second-order valence-corrected chi connectivity index (χ2v) is 7.56. The summed E-state index contributed by atoms with van der Waals surface area (Å²) in [5.41, 5.74) is 3.00. The number of aryl methyl sites for hydroxylation is 2. The lowest BCUT2D eigenvalue weighted by Gasteiger charge is -2.26. The SMILES string of the molecule is Cc1ccc(NC(=O)Nc2nnc(CC(=O)N3CCCCC3)s2)cc1C. The highest BCUT2D eigenvalue weighted by atomic mass is 32.1. The third-order valence-electron chi connectivity index (χ3n) is 4.46. The molecule has 1 aromatic heterocycles. The van der Waals surface area contributed by atoms with Gasteiger partial charge in [0, 0.05) is 18.8 Å². The van der Waals surface area contributed by atoms with Gasteiger partial charge in [-0.1, -0.05) is 17.4 Å². The fourth-order valence-electron chi connectivity index (χ4n) is 2.84. The molecule has 3 amide bonds. The molecule has 2 heterocycles. The Bertz CT molecular complexity index is 799. The Morgan fingerprint density at radius 1 is 1.08 bits per heavy atom. The Balaban J connectivity index is 1.53. The van der Waals surface area contributed by atoms with Gasteiger partial charge in [0.05, 0.1) is 6.42 Å². The lowest BCUT2D eigenvalue weighted by molar-refractivity contribution is -0.131. The van der Waals surface area contributed by atoms with Crippen molar-refractivity contribution in [1.82, 2.24) is 15.1 Å². The Hall–Kier alpha value is -2.48. The van der Waals surface area contributed by atoms with Crippen LogP contribution in [0.25, 0.3) is 0 Å². The monoisotopic (exact) mass is 373 g/mol. The van der Waals surface area contributed by atoms with Gasteiger partial charge in [0.15, 0.2) is 0 Å². The number of hydrogen-bond donors (Lipinski definition) is 2. The number of likely N-dealkylation sites (tertiary alicyclic amines) is 1. The van der Waals surface area contributed by atoms with Crippen molar-refractivity contribution in [3.8, 4) is 0 Å². The number of nitrogens with one attached hydrogen (secondary N) is 2. The molecule has 1 saturated heterocycles. The Labute approximate surface area is 156 Å². The van der Waals surface area contributed by atoms with E-state index in [1.165, 1.54) is 23.3 Å². The number of carbonyl (C=O) groups excluding carboxylic acids is 2. The summed E-state index contributed by atoms with van der Waals surface area (Å²) >= 11 is 1.23. The summed E-state index contributed by atoms with van der Waals surface area (Å²) < 4.78 is 0. The van der Waals surface area contributed by atoms with E-state index in [0.29, 0.717) is 10.1 Å². The zero-order valence-electron chi connectivity index (χ0n) is 15.0. The molecule has 0 unspecified atom stereocenters. The molecule has 0 atom stereocenters. The maximum atomic E-state index is 12.3. The molecule has 1 fully saturated rings. The van der Waals surface area contributed by atoms with Gasteiger partial charge >= 0.3 is 6.03 Å². The number of amides is 3. The summed E-state index contributed by atoms with van der Waals surface area (Å²) in [5.74, 6) is 0.0759. The number of hydrogen-bond acceptors (Lipinski definition) is 5.